The highest BCUT2D eigenvalue weighted by Gasteiger charge is 2.08. The molecular weight excluding hydrogens is 288 g/mol. The van der Waals surface area contributed by atoms with Gasteiger partial charge in [0.15, 0.2) is 0 Å². The monoisotopic (exact) mass is 304 g/mol. The van der Waals surface area contributed by atoms with Gasteiger partial charge in [-0.15, -0.1) is 0 Å². The van der Waals surface area contributed by atoms with E-state index in [-0.39, 0.29) is 12.0 Å². The molecule has 4 nitrogen and oxygen atoms in total. The van der Waals surface area contributed by atoms with Gasteiger partial charge < -0.3 is 10.1 Å². The van der Waals surface area contributed by atoms with Crippen LogP contribution in [0.1, 0.15) is 29.9 Å². The first kappa shape index (κ1) is 15.3. The fraction of sp³-hybridized carbons (Fsp3) is 0.250. The Hall–Kier alpha value is -2.07. The molecule has 0 saturated heterocycles. The third-order valence-electron chi connectivity index (χ3n) is 2.71. The molecule has 0 aliphatic heterocycles. The molecule has 0 fully saturated rings. The zero-order chi connectivity index (χ0) is 15.2. The molecule has 0 bridgehead atoms. The summed E-state index contributed by atoms with van der Waals surface area (Å²) in [4.78, 5) is 15.9. The van der Waals surface area contributed by atoms with Crippen LogP contribution in [0.3, 0.4) is 0 Å². The van der Waals surface area contributed by atoms with E-state index in [9.17, 15) is 4.79 Å². The summed E-state index contributed by atoms with van der Waals surface area (Å²) in [5, 5.41) is 3.34. The van der Waals surface area contributed by atoms with Gasteiger partial charge in [-0.05, 0) is 43.7 Å². The van der Waals surface area contributed by atoms with E-state index in [1.165, 1.54) is 0 Å². The second kappa shape index (κ2) is 7.09. The Balaban J connectivity index is 1.98. The second-order valence-corrected chi connectivity index (χ2v) is 5.24. The van der Waals surface area contributed by atoms with Crippen LogP contribution >= 0.6 is 11.6 Å². The van der Waals surface area contributed by atoms with Crippen molar-refractivity contribution in [3.05, 3.63) is 58.9 Å². The highest BCUT2D eigenvalue weighted by Crippen LogP contribution is 2.26. The standard InChI is InChI=1S/C16H17ClN2O2/c1-11(2)21-15-7-6-12(9-13(15)17)10-19-16(20)14-5-3-4-8-18-14/h3-9,11H,10H2,1-2H3,(H,19,20). The lowest BCUT2D eigenvalue weighted by Crippen LogP contribution is -2.23. The molecule has 0 spiro atoms. The van der Waals surface area contributed by atoms with E-state index in [4.69, 9.17) is 16.3 Å². The van der Waals surface area contributed by atoms with E-state index >= 15 is 0 Å². The average molecular weight is 305 g/mol. The Morgan fingerprint density at radius 1 is 1.33 bits per heavy atom. The van der Waals surface area contributed by atoms with Gasteiger partial charge in [0.25, 0.3) is 5.91 Å². The van der Waals surface area contributed by atoms with Crippen LogP contribution in [0.2, 0.25) is 5.02 Å². The van der Waals surface area contributed by atoms with Gasteiger partial charge in [0.1, 0.15) is 11.4 Å². The van der Waals surface area contributed by atoms with Gasteiger partial charge >= 0.3 is 0 Å². The minimum Gasteiger partial charge on any atom is -0.489 e. The van der Waals surface area contributed by atoms with Crippen molar-refractivity contribution in [1.29, 1.82) is 0 Å². The van der Waals surface area contributed by atoms with E-state index in [1.54, 1.807) is 30.5 Å². The first-order chi connectivity index (χ1) is 10.1. The van der Waals surface area contributed by atoms with Gasteiger partial charge in [-0.2, -0.15) is 0 Å². The predicted molar refractivity (Wildman–Crippen MR) is 82.6 cm³/mol. The fourth-order valence-corrected chi connectivity index (χ4v) is 2.02. The molecule has 0 aliphatic carbocycles. The number of hydrogen-bond donors (Lipinski definition) is 1. The Bertz CT molecular complexity index is 615. The maximum absolute atomic E-state index is 11.9. The summed E-state index contributed by atoms with van der Waals surface area (Å²) in [5.74, 6) is 0.431. The topological polar surface area (TPSA) is 51.2 Å². The summed E-state index contributed by atoms with van der Waals surface area (Å²) in [7, 11) is 0. The molecule has 0 radical (unpaired) electrons. The Morgan fingerprint density at radius 3 is 2.76 bits per heavy atom. The number of rotatable bonds is 5. The van der Waals surface area contributed by atoms with Crippen LogP contribution < -0.4 is 10.1 Å². The fourth-order valence-electron chi connectivity index (χ4n) is 1.77. The third-order valence-corrected chi connectivity index (χ3v) is 3.00. The van der Waals surface area contributed by atoms with Crippen LogP contribution in [-0.2, 0) is 6.54 Å². The summed E-state index contributed by atoms with van der Waals surface area (Å²) in [6, 6.07) is 10.7. The number of aromatic nitrogens is 1. The molecular formula is C16H17ClN2O2. The van der Waals surface area contributed by atoms with Crippen LogP contribution in [0.15, 0.2) is 42.6 Å². The van der Waals surface area contributed by atoms with Gasteiger partial charge in [0.2, 0.25) is 0 Å². The lowest BCUT2D eigenvalue weighted by Gasteiger charge is -2.12. The molecule has 0 unspecified atom stereocenters. The van der Waals surface area contributed by atoms with Crippen molar-refractivity contribution < 1.29 is 9.53 Å². The van der Waals surface area contributed by atoms with Gasteiger partial charge in [-0.3, -0.25) is 9.78 Å². The van der Waals surface area contributed by atoms with E-state index in [0.29, 0.717) is 23.0 Å². The molecule has 0 atom stereocenters. The Kier molecular flexibility index (Phi) is 5.17. The number of carbonyl (C=O) groups excluding carboxylic acids is 1. The van der Waals surface area contributed by atoms with E-state index in [2.05, 4.69) is 10.3 Å². The van der Waals surface area contributed by atoms with Crippen molar-refractivity contribution in [2.75, 3.05) is 0 Å². The summed E-state index contributed by atoms with van der Waals surface area (Å²) in [5.41, 5.74) is 1.30. The van der Waals surface area contributed by atoms with Gasteiger partial charge in [-0.1, -0.05) is 23.7 Å². The lowest BCUT2D eigenvalue weighted by molar-refractivity contribution is 0.0946. The molecule has 1 heterocycles. The Labute approximate surface area is 129 Å². The zero-order valence-electron chi connectivity index (χ0n) is 12.0. The van der Waals surface area contributed by atoms with Gasteiger partial charge in [0, 0.05) is 12.7 Å². The predicted octanol–water partition coefficient (Wildman–Crippen LogP) is 3.45. The maximum atomic E-state index is 11.9. The summed E-state index contributed by atoms with van der Waals surface area (Å²) < 4.78 is 5.57. The molecule has 1 aromatic heterocycles. The van der Waals surface area contributed by atoms with Crippen LogP contribution in [0, 0.1) is 0 Å². The first-order valence-electron chi connectivity index (χ1n) is 6.70. The molecule has 1 aromatic carbocycles. The van der Waals surface area contributed by atoms with E-state index in [0.717, 1.165) is 5.56 Å². The largest absolute Gasteiger partial charge is 0.489 e. The Morgan fingerprint density at radius 2 is 2.14 bits per heavy atom. The number of nitrogens with one attached hydrogen (secondary N) is 1. The smallest absolute Gasteiger partial charge is 0.270 e. The van der Waals surface area contributed by atoms with Gasteiger partial charge in [-0.25, -0.2) is 0 Å². The molecule has 1 N–H and O–H groups in total. The molecule has 110 valence electrons. The second-order valence-electron chi connectivity index (χ2n) is 4.83. The average Bonchev–Trinajstić information content (AvgIpc) is 2.48. The lowest BCUT2D eigenvalue weighted by atomic mass is 10.2. The van der Waals surface area contributed by atoms with Crippen molar-refractivity contribution in [1.82, 2.24) is 10.3 Å². The minimum absolute atomic E-state index is 0.0669. The summed E-state index contributed by atoms with van der Waals surface area (Å²) in [6.07, 6.45) is 1.65. The van der Waals surface area contributed by atoms with Crippen molar-refractivity contribution in [3.63, 3.8) is 0 Å². The van der Waals surface area contributed by atoms with Crippen molar-refractivity contribution in [3.8, 4) is 5.75 Å². The van der Waals surface area contributed by atoms with E-state index in [1.807, 2.05) is 26.0 Å². The van der Waals surface area contributed by atoms with Crippen molar-refractivity contribution in [2.24, 2.45) is 0 Å². The summed E-state index contributed by atoms with van der Waals surface area (Å²) >= 11 is 6.16. The number of ether oxygens (including phenoxy) is 1. The number of halogens is 1. The van der Waals surface area contributed by atoms with Crippen molar-refractivity contribution >= 4 is 17.5 Å². The quantitative estimate of drug-likeness (QED) is 0.920. The van der Waals surface area contributed by atoms with Crippen LogP contribution in [0.25, 0.3) is 0 Å². The molecule has 0 saturated carbocycles. The normalized spacial score (nSPS) is 10.5. The highest BCUT2D eigenvalue weighted by atomic mass is 35.5. The number of benzene rings is 1. The van der Waals surface area contributed by atoms with Gasteiger partial charge in [0.05, 0.1) is 11.1 Å². The third kappa shape index (κ3) is 4.46. The highest BCUT2D eigenvalue weighted by molar-refractivity contribution is 6.32. The zero-order valence-corrected chi connectivity index (χ0v) is 12.7. The molecule has 21 heavy (non-hydrogen) atoms. The number of amides is 1. The molecule has 5 heteroatoms. The molecule has 2 aromatic rings. The molecule has 0 aliphatic rings. The SMILES string of the molecule is CC(C)Oc1ccc(CNC(=O)c2ccccn2)cc1Cl. The number of nitrogens with zero attached hydrogens (tertiary/aromatic N) is 1. The van der Waals surface area contributed by atoms with Crippen LogP contribution in [-0.4, -0.2) is 17.0 Å². The van der Waals surface area contributed by atoms with Crippen LogP contribution in [0.5, 0.6) is 5.75 Å². The number of hydrogen-bond acceptors (Lipinski definition) is 3. The van der Waals surface area contributed by atoms with Crippen LogP contribution in [0.4, 0.5) is 0 Å². The first-order valence-corrected chi connectivity index (χ1v) is 7.08. The van der Waals surface area contributed by atoms with Crippen molar-refractivity contribution in [2.45, 2.75) is 26.5 Å². The molecule has 1 amide bonds. The summed E-state index contributed by atoms with van der Waals surface area (Å²) in [6.45, 7) is 4.27. The van der Waals surface area contributed by atoms with E-state index < -0.39 is 0 Å². The number of pyridine rings is 1. The molecule has 2 rings (SSSR count). The number of carbonyl (C=O) groups is 1. The minimum atomic E-state index is -0.214. The maximum Gasteiger partial charge on any atom is 0.270 e.